The van der Waals surface area contributed by atoms with Crippen LogP contribution < -0.4 is 11.5 Å². The quantitative estimate of drug-likeness (QED) is 0.519. The summed E-state index contributed by atoms with van der Waals surface area (Å²) < 4.78 is 4.66. The number of nitrogens with zero attached hydrogens (tertiary/aromatic N) is 1. The maximum atomic E-state index is 8.25. The van der Waals surface area contributed by atoms with Crippen molar-refractivity contribution in [2.24, 2.45) is 0 Å². The molecule has 1 rings (SSSR count). The summed E-state index contributed by atoms with van der Waals surface area (Å²) in [7, 11) is 0. The summed E-state index contributed by atoms with van der Waals surface area (Å²) >= 11 is 0. The van der Waals surface area contributed by atoms with Crippen molar-refractivity contribution in [1.29, 1.82) is 5.26 Å². The molecule has 4 N–H and O–H groups in total. The summed E-state index contributed by atoms with van der Waals surface area (Å²) in [4.78, 5) is 0. The molecule has 0 aromatic carbocycles. The topological polar surface area (TPSA) is 89.0 Å². The predicted molar refractivity (Wildman–Crippen MR) is 32.2 cm³/mol. The van der Waals surface area contributed by atoms with Gasteiger partial charge in [0.1, 0.15) is 6.07 Å². The van der Waals surface area contributed by atoms with Gasteiger partial charge in [-0.25, -0.2) is 0 Å². The Morgan fingerprint density at radius 1 is 1.56 bits per heavy atom. The Bertz CT molecular complexity index is 258. The van der Waals surface area contributed by atoms with E-state index in [2.05, 4.69) is 4.42 Å². The first-order valence-electron chi connectivity index (χ1n) is 2.29. The van der Waals surface area contributed by atoms with Crippen LogP contribution in [0.15, 0.2) is 10.5 Å². The maximum absolute atomic E-state index is 8.25. The van der Waals surface area contributed by atoms with Crippen LogP contribution in [0, 0.1) is 11.3 Å². The van der Waals surface area contributed by atoms with Crippen molar-refractivity contribution in [1.82, 2.24) is 0 Å². The van der Waals surface area contributed by atoms with E-state index >= 15 is 0 Å². The Balaban J connectivity index is 3.20. The van der Waals surface area contributed by atoms with Gasteiger partial charge in [-0.2, -0.15) is 5.26 Å². The molecular formula is C5H5N3O. The zero-order chi connectivity index (χ0) is 6.85. The lowest BCUT2D eigenvalue weighted by atomic mass is 10.4. The summed E-state index contributed by atoms with van der Waals surface area (Å²) in [5, 5.41) is 8.25. The molecule has 0 saturated carbocycles. The van der Waals surface area contributed by atoms with Crippen LogP contribution >= 0.6 is 0 Å². The molecule has 0 saturated heterocycles. The van der Waals surface area contributed by atoms with E-state index in [1.807, 2.05) is 0 Å². The van der Waals surface area contributed by atoms with E-state index < -0.39 is 0 Å². The number of nitriles is 1. The van der Waals surface area contributed by atoms with Crippen LogP contribution in [0.3, 0.4) is 0 Å². The molecule has 0 spiro atoms. The Kier molecular flexibility index (Phi) is 1.04. The van der Waals surface area contributed by atoms with Crippen LogP contribution in [-0.2, 0) is 0 Å². The van der Waals surface area contributed by atoms with E-state index in [0.29, 0.717) is 0 Å². The normalized spacial score (nSPS) is 8.78. The van der Waals surface area contributed by atoms with Crippen LogP contribution in [0.2, 0.25) is 0 Å². The minimum Gasteiger partial charge on any atom is -0.428 e. The Hall–Kier alpha value is -1.63. The minimum atomic E-state index is 0.0764. The lowest BCUT2D eigenvalue weighted by Crippen LogP contribution is -1.82. The van der Waals surface area contributed by atoms with Gasteiger partial charge in [-0.3, -0.25) is 0 Å². The molecule has 4 heteroatoms. The highest BCUT2D eigenvalue weighted by Gasteiger charge is 2.02. The molecule has 1 aromatic heterocycles. The van der Waals surface area contributed by atoms with Crippen molar-refractivity contribution in [3.05, 3.63) is 11.8 Å². The highest BCUT2D eigenvalue weighted by Crippen LogP contribution is 2.17. The maximum Gasteiger partial charge on any atom is 0.228 e. The Morgan fingerprint density at radius 3 is 2.44 bits per heavy atom. The van der Waals surface area contributed by atoms with Gasteiger partial charge in [-0.05, 0) is 0 Å². The van der Waals surface area contributed by atoms with E-state index in [0.717, 1.165) is 0 Å². The molecule has 0 amide bonds. The SMILES string of the molecule is N#Cc1oc(N)cc1N. The summed E-state index contributed by atoms with van der Waals surface area (Å²) in [6.45, 7) is 0. The Labute approximate surface area is 51.7 Å². The molecule has 1 heterocycles. The lowest BCUT2D eigenvalue weighted by Gasteiger charge is -1.77. The molecule has 4 nitrogen and oxygen atoms in total. The molecule has 0 aliphatic heterocycles. The average Bonchev–Trinajstić information content (AvgIpc) is 2.10. The van der Waals surface area contributed by atoms with Gasteiger partial charge in [0, 0.05) is 6.07 Å². The number of anilines is 2. The second-order valence-corrected chi connectivity index (χ2v) is 1.55. The summed E-state index contributed by atoms with van der Waals surface area (Å²) in [6, 6.07) is 3.15. The molecule has 0 unspecified atom stereocenters. The zero-order valence-electron chi connectivity index (χ0n) is 4.59. The number of nitrogens with two attached hydrogens (primary N) is 2. The smallest absolute Gasteiger partial charge is 0.228 e. The average molecular weight is 123 g/mol. The molecule has 0 fully saturated rings. The van der Waals surface area contributed by atoms with Gasteiger partial charge < -0.3 is 15.9 Å². The van der Waals surface area contributed by atoms with Gasteiger partial charge in [0.05, 0.1) is 5.69 Å². The van der Waals surface area contributed by atoms with Gasteiger partial charge in [0.25, 0.3) is 0 Å². The predicted octanol–water partition coefficient (Wildman–Crippen LogP) is 0.316. The van der Waals surface area contributed by atoms with Crippen LogP contribution in [0.1, 0.15) is 5.76 Å². The summed E-state index contributed by atoms with van der Waals surface area (Å²) in [5.41, 5.74) is 10.7. The van der Waals surface area contributed by atoms with Gasteiger partial charge in [-0.15, -0.1) is 0 Å². The van der Waals surface area contributed by atoms with Crippen molar-refractivity contribution in [2.75, 3.05) is 11.5 Å². The molecule has 0 aliphatic rings. The van der Waals surface area contributed by atoms with Crippen LogP contribution in [-0.4, -0.2) is 0 Å². The second-order valence-electron chi connectivity index (χ2n) is 1.55. The molecule has 1 aromatic rings. The third kappa shape index (κ3) is 0.795. The van der Waals surface area contributed by atoms with E-state index in [1.165, 1.54) is 6.07 Å². The minimum absolute atomic E-state index is 0.0764. The van der Waals surface area contributed by atoms with E-state index in [4.69, 9.17) is 16.7 Å². The Morgan fingerprint density at radius 2 is 2.22 bits per heavy atom. The largest absolute Gasteiger partial charge is 0.428 e. The van der Waals surface area contributed by atoms with E-state index in [-0.39, 0.29) is 17.3 Å². The van der Waals surface area contributed by atoms with Crippen LogP contribution in [0.4, 0.5) is 11.6 Å². The molecule has 0 bridgehead atoms. The van der Waals surface area contributed by atoms with Crippen molar-refractivity contribution < 1.29 is 4.42 Å². The molecule has 0 atom stereocenters. The number of hydrogen-bond acceptors (Lipinski definition) is 4. The van der Waals surface area contributed by atoms with Gasteiger partial charge >= 0.3 is 0 Å². The fourth-order valence-electron chi connectivity index (χ4n) is 0.512. The van der Waals surface area contributed by atoms with Crippen molar-refractivity contribution in [3.8, 4) is 6.07 Å². The van der Waals surface area contributed by atoms with Crippen molar-refractivity contribution in [3.63, 3.8) is 0 Å². The van der Waals surface area contributed by atoms with Gasteiger partial charge in [0.2, 0.25) is 5.76 Å². The highest BCUT2D eigenvalue weighted by molar-refractivity contribution is 5.54. The molecule has 0 aliphatic carbocycles. The van der Waals surface area contributed by atoms with Crippen molar-refractivity contribution >= 4 is 11.6 Å². The van der Waals surface area contributed by atoms with E-state index in [9.17, 15) is 0 Å². The van der Waals surface area contributed by atoms with Crippen LogP contribution in [0.5, 0.6) is 0 Å². The van der Waals surface area contributed by atoms with Crippen LogP contribution in [0.25, 0.3) is 0 Å². The summed E-state index contributed by atoms with van der Waals surface area (Å²) in [5.74, 6) is 0.247. The second kappa shape index (κ2) is 1.71. The first kappa shape index (κ1) is 5.51. The molecule has 9 heavy (non-hydrogen) atoms. The van der Waals surface area contributed by atoms with Crippen molar-refractivity contribution in [2.45, 2.75) is 0 Å². The summed E-state index contributed by atoms with van der Waals surface area (Å²) in [6.07, 6.45) is 0. The standard InChI is InChI=1S/C5H5N3O/c6-2-4-3(7)1-5(8)9-4/h1H,7-8H2. The third-order valence-corrected chi connectivity index (χ3v) is 0.881. The third-order valence-electron chi connectivity index (χ3n) is 0.881. The zero-order valence-corrected chi connectivity index (χ0v) is 4.59. The van der Waals surface area contributed by atoms with Gasteiger partial charge in [0.15, 0.2) is 5.88 Å². The first-order chi connectivity index (χ1) is 4.24. The molecule has 0 radical (unpaired) electrons. The number of hydrogen-bond donors (Lipinski definition) is 2. The lowest BCUT2D eigenvalue weighted by molar-refractivity contribution is 0.574. The molecular weight excluding hydrogens is 118 g/mol. The van der Waals surface area contributed by atoms with Gasteiger partial charge in [-0.1, -0.05) is 0 Å². The molecule has 46 valence electrons. The fourth-order valence-corrected chi connectivity index (χ4v) is 0.512. The number of rotatable bonds is 0. The fraction of sp³-hybridized carbons (Fsp3) is 0. The number of furan rings is 1. The highest BCUT2D eigenvalue weighted by atomic mass is 16.4. The monoisotopic (exact) mass is 123 g/mol. The first-order valence-corrected chi connectivity index (χ1v) is 2.29. The van der Waals surface area contributed by atoms with E-state index in [1.54, 1.807) is 6.07 Å². The number of nitrogen functional groups attached to an aromatic ring is 2.